The molecule has 1 N–H and O–H groups in total. The maximum absolute atomic E-state index is 10.9. The monoisotopic (exact) mass is 278 g/mol. The molecule has 6 nitrogen and oxygen atoms in total. The van der Waals surface area contributed by atoms with E-state index in [0.29, 0.717) is 6.54 Å². The highest BCUT2D eigenvalue weighted by atomic mass is 35.5. The number of hydrogen-bond acceptors (Lipinski definition) is 5. The highest BCUT2D eigenvalue weighted by Gasteiger charge is 2.21. The predicted molar refractivity (Wildman–Crippen MR) is 72.2 cm³/mol. The van der Waals surface area contributed by atoms with E-state index in [1.165, 1.54) is 6.33 Å². The molecule has 7 heteroatoms. The van der Waals surface area contributed by atoms with Gasteiger partial charge in [-0.3, -0.25) is 10.1 Å². The van der Waals surface area contributed by atoms with E-state index in [1.54, 1.807) is 0 Å². The maximum atomic E-state index is 10.9. The molecule has 2 rings (SSSR count). The molecule has 19 heavy (non-hydrogen) atoms. The lowest BCUT2D eigenvalue weighted by atomic mass is 10.1. The van der Waals surface area contributed by atoms with Crippen molar-refractivity contribution in [2.45, 2.75) is 13.5 Å². The molecule has 0 aliphatic heterocycles. The van der Waals surface area contributed by atoms with Gasteiger partial charge in [0.1, 0.15) is 6.33 Å². The first-order chi connectivity index (χ1) is 9.08. The molecule has 0 saturated carbocycles. The summed E-state index contributed by atoms with van der Waals surface area (Å²) in [6.45, 7) is 2.41. The van der Waals surface area contributed by atoms with Gasteiger partial charge < -0.3 is 5.32 Å². The highest BCUT2D eigenvalue weighted by Crippen LogP contribution is 2.28. The molecule has 2 aromatic rings. The zero-order chi connectivity index (χ0) is 13.8. The molecule has 0 unspecified atom stereocenters. The second-order valence-electron chi connectivity index (χ2n) is 3.96. The molecule has 1 heterocycles. The number of rotatable bonds is 4. The van der Waals surface area contributed by atoms with Gasteiger partial charge in [0.15, 0.2) is 0 Å². The van der Waals surface area contributed by atoms with E-state index < -0.39 is 4.92 Å². The minimum Gasteiger partial charge on any atom is -0.360 e. The van der Waals surface area contributed by atoms with Crippen LogP contribution in [0, 0.1) is 17.0 Å². The third kappa shape index (κ3) is 3.17. The summed E-state index contributed by atoms with van der Waals surface area (Å²) in [6.07, 6.45) is 1.19. The predicted octanol–water partition coefficient (Wildman–Crippen LogP) is 2.96. The van der Waals surface area contributed by atoms with Crippen molar-refractivity contribution in [1.82, 2.24) is 9.97 Å². The number of aromatic nitrogens is 2. The van der Waals surface area contributed by atoms with Gasteiger partial charge in [-0.2, -0.15) is 0 Å². The van der Waals surface area contributed by atoms with Crippen LogP contribution in [0.15, 0.2) is 30.6 Å². The van der Waals surface area contributed by atoms with E-state index in [0.717, 1.165) is 11.1 Å². The van der Waals surface area contributed by atoms with Gasteiger partial charge in [0.2, 0.25) is 11.0 Å². The SMILES string of the molecule is Cc1cccc(CNc2ncnc(Cl)c2[N+](=O)[O-])c1. The summed E-state index contributed by atoms with van der Waals surface area (Å²) >= 11 is 5.70. The smallest absolute Gasteiger partial charge is 0.348 e. The van der Waals surface area contributed by atoms with Gasteiger partial charge in [-0.05, 0) is 12.5 Å². The fourth-order valence-corrected chi connectivity index (χ4v) is 1.86. The van der Waals surface area contributed by atoms with Crippen LogP contribution in [-0.2, 0) is 6.54 Å². The Morgan fingerprint density at radius 2 is 2.21 bits per heavy atom. The maximum Gasteiger partial charge on any atom is 0.348 e. The number of nitrogens with zero attached hydrogens (tertiary/aromatic N) is 3. The second-order valence-corrected chi connectivity index (χ2v) is 4.32. The van der Waals surface area contributed by atoms with E-state index in [1.807, 2.05) is 31.2 Å². The van der Waals surface area contributed by atoms with Crippen molar-refractivity contribution in [2.75, 3.05) is 5.32 Å². The van der Waals surface area contributed by atoms with Gasteiger partial charge in [-0.25, -0.2) is 9.97 Å². The third-order valence-corrected chi connectivity index (χ3v) is 2.78. The summed E-state index contributed by atoms with van der Waals surface area (Å²) < 4.78 is 0. The van der Waals surface area contributed by atoms with E-state index in [4.69, 9.17) is 11.6 Å². The Morgan fingerprint density at radius 3 is 2.89 bits per heavy atom. The average Bonchev–Trinajstić information content (AvgIpc) is 2.36. The lowest BCUT2D eigenvalue weighted by Crippen LogP contribution is -2.06. The lowest BCUT2D eigenvalue weighted by Gasteiger charge is -2.07. The van der Waals surface area contributed by atoms with Gasteiger partial charge in [-0.1, -0.05) is 41.4 Å². The molecule has 0 bridgehead atoms. The van der Waals surface area contributed by atoms with E-state index in [-0.39, 0.29) is 16.7 Å². The van der Waals surface area contributed by atoms with Gasteiger partial charge in [0.25, 0.3) is 0 Å². The summed E-state index contributed by atoms with van der Waals surface area (Å²) in [6, 6.07) is 7.82. The number of halogens is 1. The molecule has 0 aliphatic carbocycles. The Bertz CT molecular complexity index is 618. The Labute approximate surface area is 114 Å². The van der Waals surface area contributed by atoms with Crippen molar-refractivity contribution in [3.05, 3.63) is 57.0 Å². The summed E-state index contributed by atoms with van der Waals surface area (Å²) in [5, 5.41) is 13.6. The fourth-order valence-electron chi connectivity index (χ4n) is 1.66. The van der Waals surface area contributed by atoms with Crippen LogP contribution in [0.2, 0.25) is 5.15 Å². The first kappa shape index (κ1) is 13.2. The molecule has 98 valence electrons. The standard InChI is InChI=1S/C12H11ClN4O2/c1-8-3-2-4-9(5-8)6-14-12-10(17(18)19)11(13)15-7-16-12/h2-5,7H,6H2,1H3,(H,14,15,16). The number of nitrogens with one attached hydrogen (secondary N) is 1. The number of nitro groups is 1. The molecule has 1 aromatic carbocycles. The number of aryl methyl sites for hydroxylation is 1. The van der Waals surface area contributed by atoms with Crippen LogP contribution in [0.3, 0.4) is 0 Å². The van der Waals surface area contributed by atoms with E-state index in [2.05, 4.69) is 15.3 Å². The molecular weight excluding hydrogens is 268 g/mol. The van der Waals surface area contributed by atoms with Crippen LogP contribution in [0.4, 0.5) is 11.5 Å². The first-order valence-corrected chi connectivity index (χ1v) is 5.90. The molecule has 0 radical (unpaired) electrons. The number of benzene rings is 1. The zero-order valence-corrected chi connectivity index (χ0v) is 10.9. The van der Waals surface area contributed by atoms with Crippen molar-refractivity contribution in [3.63, 3.8) is 0 Å². The Balaban J connectivity index is 2.20. The minimum absolute atomic E-state index is 0.117. The van der Waals surface area contributed by atoms with Crippen molar-refractivity contribution in [1.29, 1.82) is 0 Å². The van der Waals surface area contributed by atoms with Crippen LogP contribution in [0.1, 0.15) is 11.1 Å². The van der Waals surface area contributed by atoms with E-state index >= 15 is 0 Å². The molecule has 0 fully saturated rings. The first-order valence-electron chi connectivity index (χ1n) is 5.52. The molecule has 0 amide bonds. The van der Waals surface area contributed by atoms with E-state index in [9.17, 15) is 10.1 Å². The van der Waals surface area contributed by atoms with Crippen molar-refractivity contribution in [3.8, 4) is 0 Å². The molecule has 0 atom stereocenters. The average molecular weight is 279 g/mol. The molecule has 0 saturated heterocycles. The van der Waals surface area contributed by atoms with Crippen LogP contribution >= 0.6 is 11.6 Å². The number of hydrogen-bond donors (Lipinski definition) is 1. The van der Waals surface area contributed by atoms with Crippen molar-refractivity contribution >= 4 is 23.1 Å². The van der Waals surface area contributed by atoms with Gasteiger partial charge in [0, 0.05) is 6.54 Å². The van der Waals surface area contributed by atoms with Crippen LogP contribution in [-0.4, -0.2) is 14.9 Å². The highest BCUT2D eigenvalue weighted by molar-refractivity contribution is 6.31. The normalized spacial score (nSPS) is 10.2. The Morgan fingerprint density at radius 1 is 1.42 bits per heavy atom. The van der Waals surface area contributed by atoms with Gasteiger partial charge in [0.05, 0.1) is 4.92 Å². The lowest BCUT2D eigenvalue weighted by molar-refractivity contribution is -0.384. The molecule has 0 spiro atoms. The summed E-state index contributed by atoms with van der Waals surface area (Å²) in [5.74, 6) is 0.117. The minimum atomic E-state index is -0.596. The summed E-state index contributed by atoms with van der Waals surface area (Å²) in [5.41, 5.74) is 1.82. The van der Waals surface area contributed by atoms with Crippen molar-refractivity contribution < 1.29 is 4.92 Å². The van der Waals surface area contributed by atoms with Gasteiger partial charge in [-0.15, -0.1) is 0 Å². The second kappa shape index (κ2) is 5.62. The fraction of sp³-hybridized carbons (Fsp3) is 0.167. The number of anilines is 1. The summed E-state index contributed by atoms with van der Waals surface area (Å²) in [4.78, 5) is 17.8. The third-order valence-electron chi connectivity index (χ3n) is 2.50. The zero-order valence-electron chi connectivity index (χ0n) is 10.1. The van der Waals surface area contributed by atoms with Crippen molar-refractivity contribution in [2.24, 2.45) is 0 Å². The Hall–Kier alpha value is -2.21. The van der Waals surface area contributed by atoms with Gasteiger partial charge >= 0.3 is 5.69 Å². The largest absolute Gasteiger partial charge is 0.360 e. The topological polar surface area (TPSA) is 81.0 Å². The quantitative estimate of drug-likeness (QED) is 0.528. The summed E-state index contributed by atoms with van der Waals surface area (Å²) in [7, 11) is 0. The molecule has 1 aromatic heterocycles. The molecule has 0 aliphatic rings. The Kier molecular flexibility index (Phi) is 3.91. The molecular formula is C12H11ClN4O2. The van der Waals surface area contributed by atoms with Crippen LogP contribution in [0.25, 0.3) is 0 Å². The van der Waals surface area contributed by atoms with Crippen LogP contribution < -0.4 is 5.32 Å². The van der Waals surface area contributed by atoms with Crippen LogP contribution in [0.5, 0.6) is 0 Å².